The van der Waals surface area contributed by atoms with Gasteiger partial charge in [0.1, 0.15) is 5.75 Å². The van der Waals surface area contributed by atoms with Crippen molar-refractivity contribution in [2.75, 3.05) is 11.9 Å². The van der Waals surface area contributed by atoms with Crippen molar-refractivity contribution in [2.45, 2.75) is 51.6 Å². The number of nitrogens with zero attached hydrogens (tertiary/aromatic N) is 2. The first-order chi connectivity index (χ1) is 15.4. The van der Waals surface area contributed by atoms with Crippen molar-refractivity contribution < 1.29 is 22.3 Å². The standard InChI is InChI=1S/C23H25F4N3OS/c1-2-3-4-5-6-7-12-31-20-10-9-17(13-18(20)23(25,26)27)29-22-30-19(15-32-22)16-8-11-21(24)28-14-16/h8-11,13-15H,2-7,12H2,1H3,(H,29,30). The number of hydrogen-bond donors (Lipinski definition) is 1. The van der Waals surface area contributed by atoms with Crippen LogP contribution in [0.1, 0.15) is 51.0 Å². The molecule has 0 spiro atoms. The summed E-state index contributed by atoms with van der Waals surface area (Å²) in [6.45, 7) is 2.39. The molecule has 3 rings (SSSR count). The van der Waals surface area contributed by atoms with Crippen LogP contribution in [-0.4, -0.2) is 16.6 Å². The van der Waals surface area contributed by atoms with E-state index in [1.165, 1.54) is 42.2 Å². The van der Waals surface area contributed by atoms with Gasteiger partial charge in [-0.15, -0.1) is 11.3 Å². The molecular formula is C23H25F4N3OS. The molecule has 1 aromatic carbocycles. The van der Waals surface area contributed by atoms with E-state index >= 15 is 0 Å². The maximum absolute atomic E-state index is 13.6. The van der Waals surface area contributed by atoms with Crippen LogP contribution in [-0.2, 0) is 6.18 Å². The SMILES string of the molecule is CCCCCCCCOc1ccc(Nc2nc(-c3ccc(F)nc3)cs2)cc1C(F)(F)F. The summed E-state index contributed by atoms with van der Waals surface area (Å²) in [4.78, 5) is 7.93. The summed E-state index contributed by atoms with van der Waals surface area (Å²) in [6.07, 6.45) is 3.01. The van der Waals surface area contributed by atoms with Gasteiger partial charge in [0.05, 0.1) is 17.9 Å². The molecule has 0 radical (unpaired) electrons. The number of thiazole rings is 1. The Bertz CT molecular complexity index is 990. The van der Waals surface area contributed by atoms with Gasteiger partial charge >= 0.3 is 6.18 Å². The van der Waals surface area contributed by atoms with E-state index in [1.807, 2.05) is 0 Å². The molecular weight excluding hydrogens is 442 g/mol. The second-order valence-electron chi connectivity index (χ2n) is 7.36. The van der Waals surface area contributed by atoms with E-state index in [0.29, 0.717) is 16.4 Å². The maximum Gasteiger partial charge on any atom is 0.420 e. The summed E-state index contributed by atoms with van der Waals surface area (Å²) in [7, 11) is 0. The van der Waals surface area contributed by atoms with Crippen LogP contribution in [0.15, 0.2) is 41.9 Å². The van der Waals surface area contributed by atoms with Crippen molar-refractivity contribution in [1.82, 2.24) is 9.97 Å². The van der Waals surface area contributed by atoms with E-state index in [9.17, 15) is 17.6 Å². The van der Waals surface area contributed by atoms with Crippen LogP contribution in [0.2, 0.25) is 0 Å². The van der Waals surface area contributed by atoms with E-state index in [-0.39, 0.29) is 18.0 Å². The minimum Gasteiger partial charge on any atom is -0.493 e. The van der Waals surface area contributed by atoms with Gasteiger partial charge < -0.3 is 10.1 Å². The number of anilines is 2. The zero-order valence-corrected chi connectivity index (χ0v) is 18.5. The number of benzene rings is 1. The molecule has 3 aromatic rings. The van der Waals surface area contributed by atoms with Gasteiger partial charge in [-0.1, -0.05) is 39.0 Å². The largest absolute Gasteiger partial charge is 0.493 e. The average Bonchev–Trinajstić information content (AvgIpc) is 3.22. The van der Waals surface area contributed by atoms with Gasteiger partial charge in [0.25, 0.3) is 0 Å². The summed E-state index contributed by atoms with van der Waals surface area (Å²) < 4.78 is 59.2. The first-order valence-electron chi connectivity index (χ1n) is 10.6. The Balaban J connectivity index is 1.64. The molecule has 1 N–H and O–H groups in total. The molecule has 32 heavy (non-hydrogen) atoms. The Hall–Kier alpha value is -2.68. The van der Waals surface area contributed by atoms with Gasteiger partial charge in [0.15, 0.2) is 5.13 Å². The van der Waals surface area contributed by atoms with Crippen LogP contribution in [0.3, 0.4) is 0 Å². The highest BCUT2D eigenvalue weighted by atomic mass is 32.1. The fourth-order valence-electron chi connectivity index (χ4n) is 3.13. The fourth-order valence-corrected chi connectivity index (χ4v) is 3.87. The Morgan fingerprint density at radius 2 is 1.81 bits per heavy atom. The first-order valence-corrected chi connectivity index (χ1v) is 11.4. The number of unbranched alkanes of at least 4 members (excludes halogenated alkanes) is 5. The van der Waals surface area contributed by atoms with E-state index in [4.69, 9.17) is 4.74 Å². The summed E-state index contributed by atoms with van der Waals surface area (Å²) >= 11 is 1.23. The Morgan fingerprint density at radius 3 is 2.53 bits per heavy atom. The highest BCUT2D eigenvalue weighted by Gasteiger charge is 2.34. The lowest BCUT2D eigenvalue weighted by Crippen LogP contribution is -2.10. The summed E-state index contributed by atoms with van der Waals surface area (Å²) in [5.41, 5.74) is 0.598. The third-order valence-electron chi connectivity index (χ3n) is 4.82. The molecule has 0 aliphatic heterocycles. The molecule has 0 aliphatic rings. The molecule has 0 saturated carbocycles. The monoisotopic (exact) mass is 467 g/mol. The highest BCUT2D eigenvalue weighted by molar-refractivity contribution is 7.14. The minimum atomic E-state index is -4.54. The molecule has 0 aliphatic carbocycles. The molecule has 0 amide bonds. The van der Waals surface area contributed by atoms with Gasteiger partial charge in [0.2, 0.25) is 5.95 Å². The number of rotatable bonds is 11. The lowest BCUT2D eigenvalue weighted by atomic mass is 10.1. The van der Waals surface area contributed by atoms with E-state index in [0.717, 1.165) is 38.2 Å². The smallest absolute Gasteiger partial charge is 0.420 e. The van der Waals surface area contributed by atoms with Gasteiger partial charge in [-0.05, 0) is 36.8 Å². The van der Waals surface area contributed by atoms with E-state index < -0.39 is 17.7 Å². The summed E-state index contributed by atoms with van der Waals surface area (Å²) in [6, 6.07) is 6.66. The third kappa shape index (κ3) is 6.91. The lowest BCUT2D eigenvalue weighted by Gasteiger charge is -2.15. The van der Waals surface area contributed by atoms with Crippen molar-refractivity contribution in [3.8, 4) is 17.0 Å². The number of halogens is 4. The van der Waals surface area contributed by atoms with Crippen molar-refractivity contribution in [1.29, 1.82) is 0 Å². The predicted octanol–water partition coefficient (Wildman–Crippen LogP) is 7.85. The quantitative estimate of drug-likeness (QED) is 0.177. The molecule has 0 unspecified atom stereocenters. The Kier molecular flexibility index (Phi) is 8.44. The average molecular weight is 468 g/mol. The van der Waals surface area contributed by atoms with Crippen LogP contribution in [0.25, 0.3) is 11.3 Å². The van der Waals surface area contributed by atoms with Gasteiger partial charge in [-0.3, -0.25) is 0 Å². The number of aromatic nitrogens is 2. The van der Waals surface area contributed by atoms with Gasteiger partial charge in [0, 0.05) is 22.8 Å². The molecule has 0 bridgehead atoms. The topological polar surface area (TPSA) is 47.0 Å². The molecule has 0 atom stereocenters. The highest BCUT2D eigenvalue weighted by Crippen LogP contribution is 2.39. The number of ether oxygens (including phenoxy) is 1. The zero-order valence-electron chi connectivity index (χ0n) is 17.7. The molecule has 0 fully saturated rings. The van der Waals surface area contributed by atoms with Crippen molar-refractivity contribution in [3.63, 3.8) is 0 Å². The second-order valence-corrected chi connectivity index (χ2v) is 8.22. The fraction of sp³-hybridized carbons (Fsp3) is 0.391. The number of alkyl halides is 3. The Labute approximate surface area is 188 Å². The van der Waals surface area contributed by atoms with Crippen molar-refractivity contribution in [3.05, 3.63) is 53.4 Å². The molecule has 4 nitrogen and oxygen atoms in total. The molecule has 172 valence electrons. The van der Waals surface area contributed by atoms with Crippen LogP contribution in [0.5, 0.6) is 5.75 Å². The van der Waals surface area contributed by atoms with E-state index in [2.05, 4.69) is 22.2 Å². The minimum absolute atomic E-state index is 0.172. The van der Waals surface area contributed by atoms with Gasteiger partial charge in [-0.2, -0.15) is 17.6 Å². The number of nitrogens with one attached hydrogen (secondary N) is 1. The van der Waals surface area contributed by atoms with Gasteiger partial charge in [-0.25, -0.2) is 9.97 Å². The normalized spacial score (nSPS) is 11.5. The molecule has 2 heterocycles. The first kappa shape index (κ1) is 24.0. The van der Waals surface area contributed by atoms with Crippen molar-refractivity contribution in [2.24, 2.45) is 0 Å². The van der Waals surface area contributed by atoms with Crippen LogP contribution < -0.4 is 10.1 Å². The number of hydrogen-bond acceptors (Lipinski definition) is 5. The second kappa shape index (κ2) is 11.3. The van der Waals surface area contributed by atoms with E-state index in [1.54, 1.807) is 11.4 Å². The molecule has 0 saturated heterocycles. The van der Waals surface area contributed by atoms with Crippen LogP contribution in [0.4, 0.5) is 28.4 Å². The predicted molar refractivity (Wildman–Crippen MR) is 119 cm³/mol. The summed E-state index contributed by atoms with van der Waals surface area (Å²) in [5, 5.41) is 5.04. The lowest BCUT2D eigenvalue weighted by molar-refractivity contribution is -0.138. The van der Waals surface area contributed by atoms with Crippen LogP contribution in [0, 0.1) is 5.95 Å². The number of pyridine rings is 1. The zero-order chi connectivity index (χ0) is 23.0. The third-order valence-corrected chi connectivity index (χ3v) is 5.58. The summed E-state index contributed by atoms with van der Waals surface area (Å²) in [5.74, 6) is -0.769. The maximum atomic E-state index is 13.6. The molecule has 9 heteroatoms. The Morgan fingerprint density at radius 1 is 1.03 bits per heavy atom. The molecule has 2 aromatic heterocycles. The van der Waals surface area contributed by atoms with Crippen LogP contribution >= 0.6 is 11.3 Å². The van der Waals surface area contributed by atoms with Crippen molar-refractivity contribution >= 4 is 22.2 Å².